The van der Waals surface area contributed by atoms with E-state index in [4.69, 9.17) is 5.11 Å². The van der Waals surface area contributed by atoms with Gasteiger partial charge in [-0.2, -0.15) is 0 Å². The van der Waals surface area contributed by atoms with Crippen molar-refractivity contribution in [2.24, 2.45) is 5.92 Å². The zero-order chi connectivity index (χ0) is 14.5. The van der Waals surface area contributed by atoms with E-state index < -0.39 is 0 Å². The Morgan fingerprint density at radius 3 is 2.11 bits per heavy atom. The summed E-state index contributed by atoms with van der Waals surface area (Å²) in [5.41, 5.74) is 2.78. The first kappa shape index (κ1) is 16.2. The van der Waals surface area contributed by atoms with Crippen molar-refractivity contribution >= 4 is 0 Å². The molecule has 1 rings (SSSR count). The van der Waals surface area contributed by atoms with E-state index >= 15 is 0 Å². The molecule has 19 heavy (non-hydrogen) atoms. The van der Waals surface area contributed by atoms with Gasteiger partial charge in [0.25, 0.3) is 0 Å². The van der Waals surface area contributed by atoms with E-state index in [1.165, 1.54) is 11.1 Å². The number of aliphatic hydroxyl groups excluding tert-OH is 1. The third-order valence-corrected chi connectivity index (χ3v) is 3.84. The van der Waals surface area contributed by atoms with Crippen molar-refractivity contribution in [3.8, 4) is 0 Å². The van der Waals surface area contributed by atoms with E-state index in [1.54, 1.807) is 0 Å². The minimum absolute atomic E-state index is 0.0331. The maximum Gasteiger partial charge on any atom is 0.0448 e. The monoisotopic (exact) mass is 263 g/mol. The van der Waals surface area contributed by atoms with Crippen molar-refractivity contribution < 1.29 is 5.11 Å². The third kappa shape index (κ3) is 5.33. The van der Waals surface area contributed by atoms with Gasteiger partial charge in [-0.3, -0.25) is 4.90 Å². The molecular formula is C17H29NO. The Kier molecular flexibility index (Phi) is 6.02. The van der Waals surface area contributed by atoms with Gasteiger partial charge in [-0.05, 0) is 50.8 Å². The number of benzene rings is 1. The summed E-state index contributed by atoms with van der Waals surface area (Å²) in [7, 11) is 2.12. The molecule has 0 fully saturated rings. The molecule has 0 aliphatic carbocycles. The zero-order valence-corrected chi connectivity index (χ0v) is 13.1. The number of hydrogen-bond donors (Lipinski definition) is 1. The van der Waals surface area contributed by atoms with Crippen LogP contribution in [0.4, 0.5) is 0 Å². The standard InChI is InChI=1S/C17H29NO/c1-14(2)12-15-6-8-16(9-7-15)13-18(5)17(3,4)10-11-19/h6-9,14,19H,10-13H2,1-5H3. The van der Waals surface area contributed by atoms with E-state index in [9.17, 15) is 0 Å². The summed E-state index contributed by atoms with van der Waals surface area (Å²) >= 11 is 0. The molecular weight excluding hydrogens is 234 g/mol. The fourth-order valence-corrected chi connectivity index (χ4v) is 2.20. The molecule has 0 spiro atoms. The molecule has 0 unspecified atom stereocenters. The fraction of sp³-hybridized carbons (Fsp3) is 0.647. The molecule has 0 saturated heterocycles. The van der Waals surface area contributed by atoms with Gasteiger partial charge < -0.3 is 5.11 Å². The predicted octanol–water partition coefficient (Wildman–Crippen LogP) is 3.48. The molecule has 1 aromatic carbocycles. The molecule has 1 N–H and O–H groups in total. The van der Waals surface area contributed by atoms with E-state index in [0.717, 1.165) is 19.4 Å². The van der Waals surface area contributed by atoms with Crippen LogP contribution in [0.15, 0.2) is 24.3 Å². The lowest BCUT2D eigenvalue weighted by molar-refractivity contribution is 0.110. The Hall–Kier alpha value is -0.860. The fourth-order valence-electron chi connectivity index (χ4n) is 2.20. The second-order valence-electron chi connectivity index (χ2n) is 6.56. The van der Waals surface area contributed by atoms with Crippen LogP contribution >= 0.6 is 0 Å². The average molecular weight is 263 g/mol. The summed E-state index contributed by atoms with van der Waals surface area (Å²) in [6.45, 7) is 10.0. The quantitative estimate of drug-likeness (QED) is 0.814. The molecule has 108 valence electrons. The molecule has 0 aliphatic heterocycles. The molecule has 1 aromatic rings. The molecule has 0 amide bonds. The van der Waals surface area contributed by atoms with Gasteiger partial charge in [0.05, 0.1) is 0 Å². The van der Waals surface area contributed by atoms with Gasteiger partial charge >= 0.3 is 0 Å². The first-order valence-corrected chi connectivity index (χ1v) is 7.25. The van der Waals surface area contributed by atoms with Crippen LogP contribution in [0.5, 0.6) is 0 Å². The molecule has 0 aliphatic rings. The van der Waals surface area contributed by atoms with Crippen molar-refractivity contribution in [3.05, 3.63) is 35.4 Å². The van der Waals surface area contributed by atoms with Crippen molar-refractivity contribution in [2.75, 3.05) is 13.7 Å². The molecule has 0 heterocycles. The van der Waals surface area contributed by atoms with E-state index in [-0.39, 0.29) is 12.1 Å². The van der Waals surface area contributed by atoms with E-state index in [1.807, 2.05) is 0 Å². The molecule has 2 heteroatoms. The second kappa shape index (κ2) is 7.06. The Morgan fingerprint density at radius 2 is 1.63 bits per heavy atom. The summed E-state index contributed by atoms with van der Waals surface area (Å²) in [4.78, 5) is 2.31. The number of aliphatic hydroxyl groups is 1. The Morgan fingerprint density at radius 1 is 1.11 bits per heavy atom. The van der Waals surface area contributed by atoms with Gasteiger partial charge in [0.2, 0.25) is 0 Å². The Bertz CT molecular complexity index is 367. The highest BCUT2D eigenvalue weighted by molar-refractivity contribution is 5.23. The summed E-state index contributed by atoms with van der Waals surface area (Å²) in [5, 5.41) is 9.11. The summed E-state index contributed by atoms with van der Waals surface area (Å²) in [6.07, 6.45) is 1.95. The normalized spacial score (nSPS) is 12.4. The van der Waals surface area contributed by atoms with Gasteiger partial charge in [-0.25, -0.2) is 0 Å². The molecule has 0 aromatic heterocycles. The topological polar surface area (TPSA) is 23.5 Å². The first-order valence-electron chi connectivity index (χ1n) is 7.25. The average Bonchev–Trinajstić information content (AvgIpc) is 2.30. The predicted molar refractivity (Wildman–Crippen MR) is 82.2 cm³/mol. The van der Waals surface area contributed by atoms with Crippen LogP contribution in [-0.2, 0) is 13.0 Å². The van der Waals surface area contributed by atoms with Crippen LogP contribution in [0.1, 0.15) is 45.2 Å². The lowest BCUT2D eigenvalue weighted by atomic mass is 9.97. The first-order chi connectivity index (χ1) is 8.85. The third-order valence-electron chi connectivity index (χ3n) is 3.84. The largest absolute Gasteiger partial charge is 0.396 e. The van der Waals surface area contributed by atoms with Crippen LogP contribution in [-0.4, -0.2) is 29.2 Å². The van der Waals surface area contributed by atoms with Gasteiger partial charge in [0, 0.05) is 18.7 Å². The minimum atomic E-state index is 0.0331. The highest BCUT2D eigenvalue weighted by Crippen LogP contribution is 2.19. The molecule has 0 radical (unpaired) electrons. The number of rotatable bonds is 7. The lowest BCUT2D eigenvalue weighted by Crippen LogP contribution is -2.41. The van der Waals surface area contributed by atoms with Crippen molar-refractivity contribution in [1.82, 2.24) is 4.90 Å². The summed E-state index contributed by atoms with van der Waals surface area (Å²) in [6, 6.07) is 8.93. The highest BCUT2D eigenvalue weighted by Gasteiger charge is 2.22. The maximum absolute atomic E-state index is 9.11. The smallest absolute Gasteiger partial charge is 0.0448 e. The Labute approximate surface area is 118 Å². The van der Waals surface area contributed by atoms with Gasteiger partial charge in [0.1, 0.15) is 0 Å². The van der Waals surface area contributed by atoms with E-state index in [0.29, 0.717) is 5.92 Å². The molecule has 0 atom stereocenters. The summed E-state index contributed by atoms with van der Waals surface area (Å²) < 4.78 is 0. The molecule has 0 saturated carbocycles. The number of nitrogens with zero attached hydrogens (tertiary/aromatic N) is 1. The summed E-state index contributed by atoms with van der Waals surface area (Å²) in [5.74, 6) is 0.706. The van der Waals surface area contributed by atoms with Crippen LogP contribution in [0.2, 0.25) is 0 Å². The minimum Gasteiger partial charge on any atom is -0.396 e. The zero-order valence-electron chi connectivity index (χ0n) is 13.1. The highest BCUT2D eigenvalue weighted by atomic mass is 16.3. The lowest BCUT2D eigenvalue weighted by Gasteiger charge is -2.35. The molecule has 2 nitrogen and oxygen atoms in total. The molecule has 0 bridgehead atoms. The van der Waals surface area contributed by atoms with Crippen molar-refractivity contribution in [2.45, 2.75) is 52.6 Å². The van der Waals surface area contributed by atoms with Gasteiger partial charge in [0.15, 0.2) is 0 Å². The van der Waals surface area contributed by atoms with Crippen LogP contribution < -0.4 is 0 Å². The van der Waals surface area contributed by atoms with Crippen molar-refractivity contribution in [3.63, 3.8) is 0 Å². The second-order valence-corrected chi connectivity index (χ2v) is 6.56. The Balaban J connectivity index is 2.62. The van der Waals surface area contributed by atoms with Crippen LogP contribution in [0.25, 0.3) is 0 Å². The SMILES string of the molecule is CC(C)Cc1ccc(CN(C)C(C)(C)CCO)cc1. The number of hydrogen-bond acceptors (Lipinski definition) is 2. The van der Waals surface area contributed by atoms with Crippen molar-refractivity contribution in [1.29, 1.82) is 0 Å². The van der Waals surface area contributed by atoms with Gasteiger partial charge in [-0.15, -0.1) is 0 Å². The maximum atomic E-state index is 9.11. The van der Waals surface area contributed by atoms with Crippen LogP contribution in [0, 0.1) is 5.92 Å². The van der Waals surface area contributed by atoms with Crippen LogP contribution in [0.3, 0.4) is 0 Å². The van der Waals surface area contributed by atoms with Gasteiger partial charge in [-0.1, -0.05) is 38.1 Å². The van der Waals surface area contributed by atoms with E-state index in [2.05, 4.69) is 63.9 Å².